The Morgan fingerprint density at radius 1 is 1.11 bits per heavy atom. The Morgan fingerprint density at radius 3 is 2.81 bits per heavy atom. The number of H-pyrrole nitrogens is 1. The maximum Gasteiger partial charge on any atom is 0.238 e. The van der Waals surface area contributed by atoms with E-state index in [0.29, 0.717) is 23.8 Å². The number of fused-ring (bicyclic) bond motifs is 1. The SMILES string of the molecule is NS(=O)(=O)c1cccc(-c2nccc(NCc3cccc4[nH]ncc34)n2)c1. The van der Waals surface area contributed by atoms with Crippen molar-refractivity contribution in [1.29, 1.82) is 0 Å². The number of nitrogens with one attached hydrogen (secondary N) is 2. The molecule has 0 spiro atoms. The van der Waals surface area contributed by atoms with Crippen molar-refractivity contribution in [3.05, 3.63) is 66.5 Å². The van der Waals surface area contributed by atoms with E-state index in [0.717, 1.165) is 16.5 Å². The Labute approximate surface area is 155 Å². The number of aromatic amines is 1. The summed E-state index contributed by atoms with van der Waals surface area (Å²) in [5.41, 5.74) is 2.62. The van der Waals surface area contributed by atoms with E-state index in [9.17, 15) is 8.42 Å². The van der Waals surface area contributed by atoms with E-state index < -0.39 is 10.0 Å². The molecule has 0 atom stereocenters. The molecule has 0 aliphatic carbocycles. The molecule has 27 heavy (non-hydrogen) atoms. The summed E-state index contributed by atoms with van der Waals surface area (Å²) in [7, 11) is -3.79. The van der Waals surface area contributed by atoms with Crippen molar-refractivity contribution in [2.24, 2.45) is 5.14 Å². The third-order valence-electron chi connectivity index (χ3n) is 4.11. The predicted octanol–water partition coefficient (Wildman–Crippen LogP) is 2.28. The van der Waals surface area contributed by atoms with E-state index in [1.165, 1.54) is 12.1 Å². The zero-order valence-electron chi connectivity index (χ0n) is 14.1. The fourth-order valence-corrected chi connectivity index (χ4v) is 3.34. The topological polar surface area (TPSA) is 127 Å². The molecule has 0 amide bonds. The Bertz CT molecular complexity index is 1220. The van der Waals surface area contributed by atoms with Crippen LogP contribution >= 0.6 is 0 Å². The Hall–Kier alpha value is -3.30. The van der Waals surface area contributed by atoms with Crippen LogP contribution in [-0.2, 0) is 16.6 Å². The van der Waals surface area contributed by atoms with Crippen molar-refractivity contribution in [3.8, 4) is 11.4 Å². The maximum absolute atomic E-state index is 11.5. The number of rotatable bonds is 5. The van der Waals surface area contributed by atoms with Crippen LogP contribution in [0.15, 0.2) is 65.8 Å². The molecule has 136 valence electrons. The number of benzene rings is 2. The number of anilines is 1. The molecule has 0 fully saturated rings. The van der Waals surface area contributed by atoms with E-state index >= 15 is 0 Å². The van der Waals surface area contributed by atoms with Crippen LogP contribution in [0.4, 0.5) is 5.82 Å². The summed E-state index contributed by atoms with van der Waals surface area (Å²) in [5.74, 6) is 1.04. The molecule has 4 aromatic rings. The standard InChI is InChI=1S/C18H16N6O2S/c19-27(25,26)14-5-1-3-12(9-14)18-20-8-7-17(23-18)21-10-13-4-2-6-16-15(13)11-22-24-16/h1-9,11H,10H2,(H,22,24)(H2,19,25,26)(H,20,21,23). The van der Waals surface area contributed by atoms with Gasteiger partial charge in [0, 0.05) is 23.7 Å². The van der Waals surface area contributed by atoms with Gasteiger partial charge >= 0.3 is 0 Å². The fraction of sp³-hybridized carbons (Fsp3) is 0.0556. The highest BCUT2D eigenvalue weighted by Crippen LogP contribution is 2.21. The molecule has 0 bridgehead atoms. The Kier molecular flexibility index (Phi) is 4.30. The van der Waals surface area contributed by atoms with Crippen LogP contribution in [0, 0.1) is 0 Å². The van der Waals surface area contributed by atoms with E-state index in [-0.39, 0.29) is 4.90 Å². The van der Waals surface area contributed by atoms with Crippen molar-refractivity contribution >= 4 is 26.7 Å². The Morgan fingerprint density at radius 2 is 1.96 bits per heavy atom. The summed E-state index contributed by atoms with van der Waals surface area (Å²) in [5, 5.41) is 16.5. The molecule has 2 aromatic heterocycles. The number of sulfonamides is 1. The second kappa shape index (κ2) is 6.78. The minimum Gasteiger partial charge on any atom is -0.366 e. The predicted molar refractivity (Wildman–Crippen MR) is 102 cm³/mol. The summed E-state index contributed by atoms with van der Waals surface area (Å²) in [6.07, 6.45) is 3.41. The Balaban J connectivity index is 1.59. The highest BCUT2D eigenvalue weighted by atomic mass is 32.2. The van der Waals surface area contributed by atoms with Crippen LogP contribution in [0.2, 0.25) is 0 Å². The molecule has 0 radical (unpaired) electrons. The summed E-state index contributed by atoms with van der Waals surface area (Å²) < 4.78 is 23.1. The van der Waals surface area contributed by atoms with Crippen molar-refractivity contribution < 1.29 is 8.42 Å². The lowest BCUT2D eigenvalue weighted by Crippen LogP contribution is -2.12. The van der Waals surface area contributed by atoms with Gasteiger partial charge in [-0.1, -0.05) is 24.3 Å². The summed E-state index contributed by atoms with van der Waals surface area (Å²) in [6, 6.07) is 13.9. The molecule has 2 aromatic carbocycles. The first kappa shape index (κ1) is 17.1. The van der Waals surface area contributed by atoms with Gasteiger partial charge in [0.25, 0.3) is 0 Å². The monoisotopic (exact) mass is 380 g/mol. The first-order valence-corrected chi connectivity index (χ1v) is 9.66. The van der Waals surface area contributed by atoms with Gasteiger partial charge in [-0.15, -0.1) is 0 Å². The van der Waals surface area contributed by atoms with Gasteiger partial charge in [0.1, 0.15) is 5.82 Å². The lowest BCUT2D eigenvalue weighted by Gasteiger charge is -2.08. The number of primary sulfonamides is 1. The van der Waals surface area contributed by atoms with Gasteiger partial charge in [-0.2, -0.15) is 5.10 Å². The lowest BCUT2D eigenvalue weighted by molar-refractivity contribution is 0.598. The van der Waals surface area contributed by atoms with Gasteiger partial charge in [-0.25, -0.2) is 23.5 Å². The van der Waals surface area contributed by atoms with Gasteiger partial charge < -0.3 is 5.32 Å². The number of aromatic nitrogens is 4. The van der Waals surface area contributed by atoms with Gasteiger partial charge in [-0.05, 0) is 29.8 Å². The van der Waals surface area contributed by atoms with Crippen LogP contribution < -0.4 is 10.5 Å². The van der Waals surface area contributed by atoms with Crippen LogP contribution in [-0.4, -0.2) is 28.6 Å². The zero-order valence-corrected chi connectivity index (χ0v) is 14.9. The molecule has 0 saturated heterocycles. The quantitative estimate of drug-likeness (QED) is 0.487. The van der Waals surface area contributed by atoms with Crippen LogP contribution in [0.5, 0.6) is 0 Å². The average molecular weight is 380 g/mol. The number of nitrogens with two attached hydrogens (primary N) is 1. The number of hydrogen-bond acceptors (Lipinski definition) is 6. The van der Waals surface area contributed by atoms with Gasteiger partial charge in [-0.3, -0.25) is 5.10 Å². The summed E-state index contributed by atoms with van der Waals surface area (Å²) in [4.78, 5) is 8.72. The normalized spacial score (nSPS) is 11.6. The molecule has 4 N–H and O–H groups in total. The largest absolute Gasteiger partial charge is 0.366 e. The molecular formula is C18H16N6O2S. The van der Waals surface area contributed by atoms with Crippen molar-refractivity contribution in [2.75, 3.05) is 5.32 Å². The molecule has 0 unspecified atom stereocenters. The zero-order chi connectivity index (χ0) is 18.9. The minimum atomic E-state index is -3.79. The molecule has 0 aliphatic heterocycles. The highest BCUT2D eigenvalue weighted by Gasteiger charge is 2.11. The van der Waals surface area contributed by atoms with Gasteiger partial charge in [0.15, 0.2) is 5.82 Å². The maximum atomic E-state index is 11.5. The van der Waals surface area contributed by atoms with Crippen molar-refractivity contribution in [3.63, 3.8) is 0 Å². The minimum absolute atomic E-state index is 0.0218. The average Bonchev–Trinajstić information content (AvgIpc) is 3.15. The first-order chi connectivity index (χ1) is 13.0. The molecule has 2 heterocycles. The second-order valence-corrected chi connectivity index (χ2v) is 7.50. The number of hydrogen-bond donors (Lipinski definition) is 3. The molecule has 9 heteroatoms. The van der Waals surface area contributed by atoms with E-state index in [2.05, 4.69) is 25.5 Å². The number of nitrogens with zero attached hydrogens (tertiary/aromatic N) is 3. The van der Waals surface area contributed by atoms with Crippen LogP contribution in [0.3, 0.4) is 0 Å². The van der Waals surface area contributed by atoms with Gasteiger partial charge in [0.05, 0.1) is 16.6 Å². The fourth-order valence-electron chi connectivity index (χ4n) is 2.78. The van der Waals surface area contributed by atoms with E-state index in [1.807, 2.05) is 18.2 Å². The third-order valence-corrected chi connectivity index (χ3v) is 5.02. The van der Waals surface area contributed by atoms with E-state index in [4.69, 9.17) is 5.14 Å². The van der Waals surface area contributed by atoms with E-state index in [1.54, 1.807) is 30.6 Å². The second-order valence-electron chi connectivity index (χ2n) is 5.94. The molecule has 0 saturated carbocycles. The van der Waals surface area contributed by atoms with Crippen LogP contribution in [0.25, 0.3) is 22.3 Å². The van der Waals surface area contributed by atoms with Crippen molar-refractivity contribution in [1.82, 2.24) is 20.2 Å². The molecular weight excluding hydrogens is 364 g/mol. The van der Waals surface area contributed by atoms with Crippen molar-refractivity contribution in [2.45, 2.75) is 11.4 Å². The summed E-state index contributed by atoms with van der Waals surface area (Å²) >= 11 is 0. The smallest absolute Gasteiger partial charge is 0.238 e. The molecule has 0 aliphatic rings. The highest BCUT2D eigenvalue weighted by molar-refractivity contribution is 7.89. The lowest BCUT2D eigenvalue weighted by atomic mass is 10.1. The first-order valence-electron chi connectivity index (χ1n) is 8.12. The van der Waals surface area contributed by atoms with Gasteiger partial charge in [0.2, 0.25) is 10.0 Å². The summed E-state index contributed by atoms with van der Waals surface area (Å²) in [6.45, 7) is 0.560. The van der Waals surface area contributed by atoms with Crippen LogP contribution in [0.1, 0.15) is 5.56 Å². The third kappa shape index (κ3) is 3.64. The molecule has 8 nitrogen and oxygen atoms in total. The molecule has 4 rings (SSSR count).